The second-order valence-corrected chi connectivity index (χ2v) is 4.59. The molecule has 0 radical (unpaired) electrons. The largest absolute Gasteiger partial charge is 0.339 e. The molecule has 0 spiro atoms. The molecule has 0 saturated carbocycles. The SMILES string of the molecule is C[n+]1ccn(C(=S)NCc2ccc(Cl)cc2)c1. The van der Waals surface area contributed by atoms with Crippen molar-refractivity contribution in [3.63, 3.8) is 0 Å². The van der Waals surface area contributed by atoms with Gasteiger partial charge in [0.15, 0.2) is 0 Å². The Hall–Kier alpha value is -1.39. The zero-order valence-electron chi connectivity index (χ0n) is 9.43. The van der Waals surface area contributed by atoms with Crippen LogP contribution in [0.4, 0.5) is 0 Å². The Balaban J connectivity index is 1.94. The van der Waals surface area contributed by atoms with E-state index >= 15 is 0 Å². The number of hydrogen-bond acceptors (Lipinski definition) is 1. The standard InChI is InChI=1S/C12H12ClN3S/c1-15-6-7-16(9-15)12(17)14-8-10-2-4-11(13)5-3-10/h2-7,9H,8H2,1H3/p+1. The van der Waals surface area contributed by atoms with E-state index in [0.717, 1.165) is 10.6 Å². The zero-order valence-corrected chi connectivity index (χ0v) is 11.0. The summed E-state index contributed by atoms with van der Waals surface area (Å²) in [6.07, 6.45) is 5.77. The van der Waals surface area contributed by atoms with E-state index in [1.54, 1.807) is 0 Å². The number of hydrogen-bond donors (Lipinski definition) is 1. The molecule has 0 aliphatic carbocycles. The molecule has 0 amide bonds. The fourth-order valence-electron chi connectivity index (χ4n) is 1.44. The predicted octanol–water partition coefficient (Wildman–Crippen LogP) is 1.89. The molecule has 5 heteroatoms. The summed E-state index contributed by atoms with van der Waals surface area (Å²) in [5.74, 6) is 0. The molecule has 1 aromatic heterocycles. The second-order valence-electron chi connectivity index (χ2n) is 3.77. The summed E-state index contributed by atoms with van der Waals surface area (Å²) < 4.78 is 3.81. The molecule has 0 bridgehead atoms. The maximum atomic E-state index is 5.82. The fourth-order valence-corrected chi connectivity index (χ4v) is 1.75. The summed E-state index contributed by atoms with van der Waals surface area (Å²) in [6.45, 7) is 0.692. The first-order chi connectivity index (χ1) is 8.15. The van der Waals surface area contributed by atoms with Crippen LogP contribution in [0.2, 0.25) is 5.02 Å². The van der Waals surface area contributed by atoms with Gasteiger partial charge in [0.1, 0.15) is 12.4 Å². The summed E-state index contributed by atoms with van der Waals surface area (Å²) in [5, 5.41) is 4.61. The highest BCUT2D eigenvalue weighted by Gasteiger charge is 2.06. The smallest absolute Gasteiger partial charge is 0.267 e. The van der Waals surface area contributed by atoms with E-state index < -0.39 is 0 Å². The van der Waals surface area contributed by atoms with E-state index in [9.17, 15) is 0 Å². The van der Waals surface area contributed by atoms with Crippen molar-refractivity contribution in [1.29, 1.82) is 0 Å². The van der Waals surface area contributed by atoms with Crippen molar-refractivity contribution in [2.75, 3.05) is 0 Å². The Bertz CT molecular complexity index is 519. The number of thiocarbonyl (C=S) groups is 1. The maximum absolute atomic E-state index is 5.82. The van der Waals surface area contributed by atoms with Crippen LogP contribution < -0.4 is 9.88 Å². The summed E-state index contributed by atoms with van der Waals surface area (Å²) in [6, 6.07) is 7.70. The first-order valence-corrected chi connectivity index (χ1v) is 5.99. The monoisotopic (exact) mass is 266 g/mol. The Morgan fingerprint density at radius 1 is 1.41 bits per heavy atom. The van der Waals surface area contributed by atoms with Gasteiger partial charge >= 0.3 is 0 Å². The molecule has 88 valence electrons. The van der Waals surface area contributed by atoms with E-state index in [1.165, 1.54) is 0 Å². The summed E-state index contributed by atoms with van der Waals surface area (Å²) in [5.41, 5.74) is 1.15. The topological polar surface area (TPSA) is 20.8 Å². The molecule has 1 aromatic carbocycles. The van der Waals surface area contributed by atoms with Crippen molar-refractivity contribution in [3.8, 4) is 0 Å². The van der Waals surface area contributed by atoms with Gasteiger partial charge in [-0.05, 0) is 29.9 Å². The van der Waals surface area contributed by atoms with E-state index in [-0.39, 0.29) is 0 Å². The van der Waals surface area contributed by atoms with Gasteiger partial charge in [-0.25, -0.2) is 4.57 Å². The van der Waals surface area contributed by atoms with Crippen molar-refractivity contribution in [2.24, 2.45) is 7.05 Å². The lowest BCUT2D eigenvalue weighted by Gasteiger charge is -2.04. The van der Waals surface area contributed by atoms with Crippen LogP contribution in [0.3, 0.4) is 0 Å². The van der Waals surface area contributed by atoms with Gasteiger partial charge in [-0.3, -0.25) is 0 Å². The molecule has 2 aromatic rings. The zero-order chi connectivity index (χ0) is 12.3. The number of rotatable bonds is 2. The number of imidazole rings is 1. The number of nitrogens with one attached hydrogen (secondary N) is 1. The highest BCUT2D eigenvalue weighted by molar-refractivity contribution is 7.80. The number of nitrogens with zero attached hydrogens (tertiary/aromatic N) is 2. The van der Waals surface area contributed by atoms with Crippen LogP contribution >= 0.6 is 23.8 Å². The summed E-state index contributed by atoms with van der Waals surface area (Å²) in [7, 11) is 1.96. The molecule has 0 aliphatic heterocycles. The van der Waals surface area contributed by atoms with Crippen LogP contribution in [0.1, 0.15) is 5.56 Å². The van der Waals surface area contributed by atoms with Gasteiger partial charge < -0.3 is 5.32 Å². The van der Waals surface area contributed by atoms with Gasteiger partial charge in [-0.1, -0.05) is 23.7 Å². The molecule has 2 rings (SSSR count). The lowest BCUT2D eigenvalue weighted by atomic mass is 10.2. The Labute approximate surface area is 111 Å². The third-order valence-electron chi connectivity index (χ3n) is 2.36. The van der Waals surface area contributed by atoms with Crippen LogP contribution in [0.15, 0.2) is 43.0 Å². The van der Waals surface area contributed by atoms with Crippen LogP contribution in [-0.2, 0) is 13.6 Å². The minimum Gasteiger partial charge on any atom is -0.339 e. The van der Waals surface area contributed by atoms with Crippen molar-refractivity contribution in [3.05, 3.63) is 53.6 Å². The van der Waals surface area contributed by atoms with Crippen LogP contribution in [0, 0.1) is 0 Å². The lowest BCUT2D eigenvalue weighted by molar-refractivity contribution is -0.670. The Kier molecular flexibility index (Phi) is 3.76. The molecule has 3 nitrogen and oxygen atoms in total. The molecule has 1 N–H and O–H groups in total. The normalized spacial score (nSPS) is 10.2. The maximum Gasteiger partial charge on any atom is 0.267 e. The highest BCUT2D eigenvalue weighted by atomic mass is 35.5. The third kappa shape index (κ3) is 3.28. The molecule has 17 heavy (non-hydrogen) atoms. The van der Waals surface area contributed by atoms with Gasteiger partial charge in [0.25, 0.3) is 11.4 Å². The van der Waals surface area contributed by atoms with Gasteiger partial charge in [-0.15, -0.1) is 0 Å². The molecule has 0 fully saturated rings. The van der Waals surface area contributed by atoms with Crippen LogP contribution in [-0.4, -0.2) is 9.68 Å². The average molecular weight is 267 g/mol. The highest BCUT2D eigenvalue weighted by Crippen LogP contribution is 2.09. The second kappa shape index (κ2) is 5.29. The van der Waals surface area contributed by atoms with E-state index in [1.807, 2.05) is 59.2 Å². The van der Waals surface area contributed by atoms with E-state index in [4.69, 9.17) is 23.8 Å². The van der Waals surface area contributed by atoms with Gasteiger partial charge in [0.05, 0.1) is 7.05 Å². The Morgan fingerprint density at radius 3 is 2.71 bits per heavy atom. The number of aromatic nitrogens is 2. The molecule has 0 aliphatic rings. The molecular formula is C12H13ClN3S+. The number of aryl methyl sites for hydroxylation is 1. The first kappa shape index (κ1) is 12.1. The molecule has 0 unspecified atom stereocenters. The van der Waals surface area contributed by atoms with E-state index in [0.29, 0.717) is 11.7 Å². The summed E-state index contributed by atoms with van der Waals surface area (Å²) in [4.78, 5) is 0. The Morgan fingerprint density at radius 2 is 2.12 bits per heavy atom. The lowest BCUT2D eigenvalue weighted by Crippen LogP contribution is -2.30. The molecule has 0 atom stereocenters. The number of benzene rings is 1. The third-order valence-corrected chi connectivity index (χ3v) is 2.97. The molecule has 0 saturated heterocycles. The van der Waals surface area contributed by atoms with Gasteiger partial charge in [0.2, 0.25) is 0 Å². The predicted molar refractivity (Wildman–Crippen MR) is 71.9 cm³/mol. The number of halogens is 1. The average Bonchev–Trinajstić information content (AvgIpc) is 2.75. The van der Waals surface area contributed by atoms with Gasteiger partial charge in [0, 0.05) is 11.6 Å². The minimum atomic E-state index is 0.681. The summed E-state index contributed by atoms with van der Waals surface area (Å²) >= 11 is 11.1. The van der Waals surface area contributed by atoms with Crippen molar-refractivity contribution >= 4 is 28.9 Å². The minimum absolute atomic E-state index is 0.681. The first-order valence-electron chi connectivity index (χ1n) is 5.21. The van der Waals surface area contributed by atoms with Crippen molar-refractivity contribution < 1.29 is 4.57 Å². The van der Waals surface area contributed by atoms with Crippen molar-refractivity contribution in [1.82, 2.24) is 9.88 Å². The molecule has 1 heterocycles. The van der Waals surface area contributed by atoms with Crippen molar-refractivity contribution in [2.45, 2.75) is 6.54 Å². The van der Waals surface area contributed by atoms with Crippen LogP contribution in [0.25, 0.3) is 0 Å². The van der Waals surface area contributed by atoms with Crippen LogP contribution in [0.5, 0.6) is 0 Å². The molecular weight excluding hydrogens is 254 g/mol. The fraction of sp³-hybridized carbons (Fsp3) is 0.167. The van der Waals surface area contributed by atoms with Gasteiger partial charge in [-0.2, -0.15) is 4.57 Å². The quantitative estimate of drug-likeness (QED) is 0.662. The van der Waals surface area contributed by atoms with E-state index in [2.05, 4.69) is 5.32 Å².